The number of halogens is 1. The third-order valence-corrected chi connectivity index (χ3v) is 6.24. The Morgan fingerprint density at radius 1 is 0.909 bits per heavy atom. The molecule has 174 valence electrons. The Labute approximate surface area is 193 Å². The molecule has 0 aromatic heterocycles. The number of hydrogen-bond acceptors (Lipinski definition) is 6. The van der Waals surface area contributed by atoms with Crippen LogP contribution in [0.4, 0.5) is 4.39 Å². The lowest BCUT2D eigenvalue weighted by Crippen LogP contribution is -2.47. The van der Waals surface area contributed by atoms with Gasteiger partial charge in [-0.2, -0.15) is 0 Å². The Morgan fingerprint density at radius 3 is 2.24 bits per heavy atom. The predicted octanol–water partition coefficient (Wildman–Crippen LogP) is 2.76. The van der Waals surface area contributed by atoms with Crippen molar-refractivity contribution in [3.05, 3.63) is 65.1 Å². The van der Waals surface area contributed by atoms with Crippen LogP contribution >= 0.6 is 0 Å². The van der Waals surface area contributed by atoms with E-state index in [0.29, 0.717) is 47.0 Å². The molecule has 0 N–H and O–H groups in total. The second kappa shape index (κ2) is 9.62. The summed E-state index contributed by atoms with van der Waals surface area (Å²) in [5, 5.41) is 0. The van der Waals surface area contributed by atoms with E-state index in [1.54, 1.807) is 36.4 Å². The largest absolute Gasteiger partial charge is 0.493 e. The zero-order valence-electron chi connectivity index (χ0n) is 19.1. The number of carbonyl (C=O) groups excluding carboxylic acids is 2. The SMILES string of the molecule is CCN1CCN(C2=C(c3ccc(OC)c(OC)c3)C(=O)N(Cc3ccccc3F)C2=O)CC1. The van der Waals surface area contributed by atoms with Crippen LogP contribution in [0.2, 0.25) is 0 Å². The van der Waals surface area contributed by atoms with Gasteiger partial charge in [-0.3, -0.25) is 14.5 Å². The number of amides is 2. The summed E-state index contributed by atoms with van der Waals surface area (Å²) in [6.07, 6.45) is 0. The molecule has 0 unspecified atom stereocenters. The number of piperazine rings is 1. The summed E-state index contributed by atoms with van der Waals surface area (Å²) in [5.74, 6) is -0.303. The van der Waals surface area contributed by atoms with Gasteiger partial charge in [0, 0.05) is 31.7 Å². The minimum atomic E-state index is -0.448. The molecule has 2 amide bonds. The number of methoxy groups -OCH3 is 2. The molecule has 33 heavy (non-hydrogen) atoms. The number of nitrogens with zero attached hydrogens (tertiary/aromatic N) is 3. The lowest BCUT2D eigenvalue weighted by Gasteiger charge is -2.36. The number of hydrogen-bond donors (Lipinski definition) is 0. The van der Waals surface area contributed by atoms with E-state index in [2.05, 4.69) is 11.8 Å². The van der Waals surface area contributed by atoms with Gasteiger partial charge in [0.15, 0.2) is 11.5 Å². The first-order valence-electron chi connectivity index (χ1n) is 11.0. The molecule has 2 aromatic carbocycles. The Balaban J connectivity index is 1.75. The van der Waals surface area contributed by atoms with Gasteiger partial charge in [-0.05, 0) is 30.3 Å². The van der Waals surface area contributed by atoms with Gasteiger partial charge in [0.05, 0.1) is 26.3 Å². The Bertz CT molecular complexity index is 1090. The molecule has 1 fully saturated rings. The minimum absolute atomic E-state index is 0.125. The molecular weight excluding hydrogens is 425 g/mol. The van der Waals surface area contributed by atoms with Crippen molar-refractivity contribution in [1.29, 1.82) is 0 Å². The Hall–Kier alpha value is -3.39. The Kier molecular flexibility index (Phi) is 6.65. The van der Waals surface area contributed by atoms with E-state index in [1.165, 1.54) is 20.3 Å². The molecule has 0 saturated carbocycles. The second-order valence-corrected chi connectivity index (χ2v) is 8.00. The van der Waals surface area contributed by atoms with E-state index in [-0.39, 0.29) is 6.54 Å². The monoisotopic (exact) mass is 453 g/mol. The minimum Gasteiger partial charge on any atom is -0.493 e. The number of likely N-dealkylation sites (N-methyl/N-ethyl adjacent to an activating group) is 1. The fourth-order valence-electron chi connectivity index (χ4n) is 4.34. The van der Waals surface area contributed by atoms with E-state index in [9.17, 15) is 14.0 Å². The van der Waals surface area contributed by atoms with E-state index < -0.39 is 17.6 Å². The number of imide groups is 1. The zero-order valence-corrected chi connectivity index (χ0v) is 19.1. The third kappa shape index (κ3) is 4.30. The molecule has 0 spiro atoms. The van der Waals surface area contributed by atoms with Gasteiger partial charge in [-0.1, -0.05) is 31.2 Å². The third-order valence-electron chi connectivity index (χ3n) is 6.24. The standard InChI is InChI=1S/C25H28FN3O4/c1-4-27-11-13-28(14-12-27)23-22(17-9-10-20(32-2)21(15-17)33-3)24(30)29(25(23)31)16-18-7-5-6-8-19(18)26/h5-10,15H,4,11-14,16H2,1-3H3. The Morgan fingerprint density at radius 2 is 1.61 bits per heavy atom. The van der Waals surface area contributed by atoms with Crippen LogP contribution < -0.4 is 9.47 Å². The smallest absolute Gasteiger partial charge is 0.278 e. The van der Waals surface area contributed by atoms with E-state index in [1.807, 2.05) is 4.90 Å². The van der Waals surface area contributed by atoms with Gasteiger partial charge in [0.2, 0.25) is 0 Å². The lowest BCUT2D eigenvalue weighted by atomic mass is 10.0. The van der Waals surface area contributed by atoms with Gasteiger partial charge in [-0.25, -0.2) is 4.39 Å². The number of ether oxygens (including phenoxy) is 2. The maximum absolute atomic E-state index is 14.3. The number of benzene rings is 2. The molecule has 1 saturated heterocycles. The van der Waals surface area contributed by atoms with Gasteiger partial charge >= 0.3 is 0 Å². The van der Waals surface area contributed by atoms with Gasteiger partial charge in [0.25, 0.3) is 11.8 Å². The summed E-state index contributed by atoms with van der Waals surface area (Å²) >= 11 is 0. The highest BCUT2D eigenvalue weighted by atomic mass is 19.1. The van der Waals surface area contributed by atoms with Crippen molar-refractivity contribution in [1.82, 2.24) is 14.7 Å². The highest BCUT2D eigenvalue weighted by molar-refractivity contribution is 6.35. The fourth-order valence-corrected chi connectivity index (χ4v) is 4.34. The van der Waals surface area contributed by atoms with Gasteiger partial charge < -0.3 is 19.3 Å². The average Bonchev–Trinajstić information content (AvgIpc) is 3.09. The molecule has 8 heteroatoms. The molecule has 2 heterocycles. The van der Waals surface area contributed by atoms with Crippen LogP contribution in [0.15, 0.2) is 48.2 Å². The lowest BCUT2D eigenvalue weighted by molar-refractivity contribution is -0.138. The van der Waals surface area contributed by atoms with Crippen molar-refractivity contribution in [3.63, 3.8) is 0 Å². The van der Waals surface area contributed by atoms with E-state index >= 15 is 0 Å². The van der Waals surface area contributed by atoms with Crippen LogP contribution in [0.3, 0.4) is 0 Å². The van der Waals surface area contributed by atoms with Crippen LogP contribution in [0.1, 0.15) is 18.1 Å². The maximum atomic E-state index is 14.3. The summed E-state index contributed by atoms with van der Waals surface area (Å²) in [6, 6.07) is 11.4. The highest BCUT2D eigenvalue weighted by Gasteiger charge is 2.42. The predicted molar refractivity (Wildman–Crippen MR) is 122 cm³/mol. The van der Waals surface area contributed by atoms with Gasteiger partial charge in [-0.15, -0.1) is 0 Å². The molecule has 7 nitrogen and oxygen atoms in total. The van der Waals surface area contributed by atoms with Gasteiger partial charge in [0.1, 0.15) is 11.5 Å². The molecule has 4 rings (SSSR count). The van der Waals surface area contributed by atoms with Crippen LogP contribution in [0.5, 0.6) is 11.5 Å². The summed E-state index contributed by atoms with van der Waals surface area (Å²) in [4.78, 5) is 32.5. The molecule has 0 bridgehead atoms. The first-order valence-corrected chi connectivity index (χ1v) is 11.0. The molecular formula is C25H28FN3O4. The highest BCUT2D eigenvalue weighted by Crippen LogP contribution is 2.37. The maximum Gasteiger partial charge on any atom is 0.278 e. The molecule has 2 aliphatic heterocycles. The molecule has 2 aliphatic rings. The fraction of sp³-hybridized carbons (Fsp3) is 0.360. The van der Waals surface area contributed by atoms with Crippen LogP contribution in [-0.2, 0) is 16.1 Å². The summed E-state index contributed by atoms with van der Waals surface area (Å²) in [5.41, 5.74) is 1.53. The summed E-state index contributed by atoms with van der Waals surface area (Å²) in [6.45, 7) is 5.77. The average molecular weight is 454 g/mol. The second-order valence-electron chi connectivity index (χ2n) is 8.00. The number of rotatable bonds is 7. The summed E-state index contributed by atoms with van der Waals surface area (Å²) in [7, 11) is 3.06. The quantitative estimate of drug-likeness (QED) is 0.601. The number of carbonyl (C=O) groups is 2. The van der Waals surface area contributed by atoms with Crippen molar-refractivity contribution >= 4 is 17.4 Å². The zero-order chi connectivity index (χ0) is 23.5. The van der Waals surface area contributed by atoms with E-state index in [4.69, 9.17) is 9.47 Å². The van der Waals surface area contributed by atoms with Crippen LogP contribution in [-0.4, -0.2) is 73.5 Å². The topological polar surface area (TPSA) is 62.3 Å². The van der Waals surface area contributed by atoms with Crippen molar-refractivity contribution < 1.29 is 23.5 Å². The molecule has 0 atom stereocenters. The molecule has 0 radical (unpaired) electrons. The molecule has 0 aliphatic carbocycles. The van der Waals surface area contributed by atoms with E-state index in [0.717, 1.165) is 24.5 Å². The van der Waals surface area contributed by atoms with Crippen molar-refractivity contribution in [3.8, 4) is 11.5 Å². The first kappa shape index (κ1) is 22.8. The van der Waals surface area contributed by atoms with Crippen molar-refractivity contribution in [2.75, 3.05) is 46.9 Å². The van der Waals surface area contributed by atoms with Crippen molar-refractivity contribution in [2.24, 2.45) is 0 Å². The van der Waals surface area contributed by atoms with Crippen LogP contribution in [0.25, 0.3) is 5.57 Å². The van der Waals surface area contributed by atoms with Crippen LogP contribution in [0, 0.1) is 5.82 Å². The first-order chi connectivity index (χ1) is 16.0. The summed E-state index contributed by atoms with van der Waals surface area (Å²) < 4.78 is 25.1. The van der Waals surface area contributed by atoms with Crippen molar-refractivity contribution in [2.45, 2.75) is 13.5 Å². The normalized spacial score (nSPS) is 17.2. The molecule has 2 aromatic rings.